The van der Waals surface area contributed by atoms with Crippen LogP contribution in [-0.4, -0.2) is 30.3 Å². The van der Waals surface area contributed by atoms with Crippen molar-refractivity contribution in [3.63, 3.8) is 0 Å². The zero-order valence-corrected chi connectivity index (χ0v) is 16.0. The third-order valence-corrected chi connectivity index (χ3v) is 4.68. The molecule has 1 amide bonds. The smallest absolute Gasteiger partial charge is 0.250 e. The Hall–Kier alpha value is -3.19. The first-order valence-electron chi connectivity index (χ1n) is 8.20. The van der Waals surface area contributed by atoms with Crippen LogP contribution < -0.4 is 14.8 Å². The molecule has 0 spiro atoms. The molecule has 0 atom stereocenters. The van der Waals surface area contributed by atoms with Crippen LogP contribution in [0.3, 0.4) is 0 Å². The summed E-state index contributed by atoms with van der Waals surface area (Å²) in [5.41, 5.74) is 2.97. The summed E-state index contributed by atoms with van der Waals surface area (Å²) in [6, 6.07) is 13.4. The second kappa shape index (κ2) is 8.46. The third-order valence-electron chi connectivity index (χ3n) is 3.79. The van der Waals surface area contributed by atoms with Gasteiger partial charge in [0.1, 0.15) is 5.01 Å². The molecule has 27 heavy (non-hydrogen) atoms. The van der Waals surface area contributed by atoms with E-state index in [-0.39, 0.29) is 5.91 Å². The Kier molecular flexibility index (Phi) is 5.83. The molecule has 7 heteroatoms. The van der Waals surface area contributed by atoms with Gasteiger partial charge in [-0.2, -0.15) is 0 Å². The monoisotopic (exact) mass is 381 g/mol. The van der Waals surface area contributed by atoms with Crippen LogP contribution in [0.5, 0.6) is 11.5 Å². The first-order chi connectivity index (χ1) is 13.1. The Bertz CT molecular complexity index is 965. The first kappa shape index (κ1) is 18.6. The normalized spacial score (nSPS) is 10.8. The molecular formula is C20H19N3O3S. The molecule has 1 heterocycles. The molecule has 0 saturated heterocycles. The van der Waals surface area contributed by atoms with E-state index >= 15 is 0 Å². The van der Waals surface area contributed by atoms with Crippen molar-refractivity contribution in [2.24, 2.45) is 0 Å². The lowest BCUT2D eigenvalue weighted by Crippen LogP contribution is -2.07. The molecule has 0 fully saturated rings. The van der Waals surface area contributed by atoms with E-state index in [1.54, 1.807) is 32.4 Å². The summed E-state index contributed by atoms with van der Waals surface area (Å²) in [5.74, 6) is 0.958. The molecule has 1 N–H and O–H groups in total. The standard InChI is InChI=1S/C20H19N3O3S/c1-13-4-8-15(9-5-13)19-22-23-20(27-19)21-18(24)11-7-14-6-10-16(25-2)17(12-14)26-3/h4-12H,1-3H3,(H,21,23,24)/b11-7+. The average Bonchev–Trinajstić information content (AvgIpc) is 3.15. The fourth-order valence-corrected chi connectivity index (χ4v) is 3.11. The van der Waals surface area contributed by atoms with E-state index in [0.29, 0.717) is 16.6 Å². The van der Waals surface area contributed by atoms with Gasteiger partial charge in [-0.15, -0.1) is 10.2 Å². The van der Waals surface area contributed by atoms with E-state index in [1.165, 1.54) is 23.0 Å². The number of nitrogens with one attached hydrogen (secondary N) is 1. The predicted octanol–water partition coefficient (Wildman–Crippen LogP) is 4.18. The first-order valence-corrected chi connectivity index (χ1v) is 9.02. The van der Waals surface area contributed by atoms with Crippen molar-refractivity contribution in [2.75, 3.05) is 19.5 Å². The van der Waals surface area contributed by atoms with Gasteiger partial charge < -0.3 is 9.47 Å². The van der Waals surface area contributed by atoms with Gasteiger partial charge in [0, 0.05) is 11.6 Å². The number of aromatic nitrogens is 2. The van der Waals surface area contributed by atoms with Gasteiger partial charge in [-0.25, -0.2) is 0 Å². The van der Waals surface area contributed by atoms with E-state index in [9.17, 15) is 4.79 Å². The van der Waals surface area contributed by atoms with Gasteiger partial charge in [0.05, 0.1) is 14.2 Å². The summed E-state index contributed by atoms with van der Waals surface area (Å²) >= 11 is 1.33. The lowest BCUT2D eigenvalue weighted by atomic mass is 10.2. The van der Waals surface area contributed by atoms with Crippen LogP contribution in [-0.2, 0) is 4.79 Å². The van der Waals surface area contributed by atoms with Gasteiger partial charge in [-0.3, -0.25) is 10.1 Å². The van der Waals surface area contributed by atoms with Gasteiger partial charge in [0.15, 0.2) is 11.5 Å². The SMILES string of the molecule is COc1ccc(/C=C/C(=O)Nc2nnc(-c3ccc(C)cc3)s2)cc1OC. The number of anilines is 1. The molecule has 0 aliphatic heterocycles. The molecule has 1 aromatic heterocycles. The second-order valence-electron chi connectivity index (χ2n) is 5.72. The van der Waals surface area contributed by atoms with Crippen LogP contribution in [0.1, 0.15) is 11.1 Å². The number of benzene rings is 2. The molecule has 138 valence electrons. The van der Waals surface area contributed by atoms with Crippen molar-refractivity contribution < 1.29 is 14.3 Å². The van der Waals surface area contributed by atoms with Gasteiger partial charge in [-0.1, -0.05) is 47.2 Å². The number of hydrogen-bond acceptors (Lipinski definition) is 6. The molecule has 3 rings (SSSR count). The highest BCUT2D eigenvalue weighted by Gasteiger charge is 2.08. The van der Waals surface area contributed by atoms with E-state index in [4.69, 9.17) is 9.47 Å². The Morgan fingerprint density at radius 2 is 1.78 bits per heavy atom. The highest BCUT2D eigenvalue weighted by atomic mass is 32.1. The van der Waals surface area contributed by atoms with Crippen molar-refractivity contribution in [3.8, 4) is 22.1 Å². The summed E-state index contributed by atoms with van der Waals surface area (Å²) in [6.45, 7) is 2.03. The minimum atomic E-state index is -0.281. The summed E-state index contributed by atoms with van der Waals surface area (Å²) in [4.78, 5) is 12.1. The van der Waals surface area contributed by atoms with Gasteiger partial charge in [-0.05, 0) is 30.7 Å². The molecular weight excluding hydrogens is 362 g/mol. The van der Waals surface area contributed by atoms with Gasteiger partial charge >= 0.3 is 0 Å². The average molecular weight is 381 g/mol. The second-order valence-corrected chi connectivity index (χ2v) is 6.69. The number of hydrogen-bond donors (Lipinski definition) is 1. The summed E-state index contributed by atoms with van der Waals surface area (Å²) in [6.07, 6.45) is 3.13. The summed E-state index contributed by atoms with van der Waals surface area (Å²) < 4.78 is 10.5. The number of methoxy groups -OCH3 is 2. The summed E-state index contributed by atoms with van der Waals surface area (Å²) in [5, 5.41) is 12.1. The zero-order valence-electron chi connectivity index (χ0n) is 15.2. The van der Waals surface area contributed by atoms with E-state index in [2.05, 4.69) is 15.5 Å². The van der Waals surface area contributed by atoms with Crippen molar-refractivity contribution in [2.45, 2.75) is 6.92 Å². The highest BCUT2D eigenvalue weighted by molar-refractivity contribution is 7.18. The van der Waals surface area contributed by atoms with E-state index < -0.39 is 0 Å². The van der Waals surface area contributed by atoms with Crippen LogP contribution in [0.25, 0.3) is 16.6 Å². The van der Waals surface area contributed by atoms with Crippen LogP contribution in [0, 0.1) is 6.92 Å². The maximum atomic E-state index is 12.1. The third kappa shape index (κ3) is 4.71. The number of amides is 1. The quantitative estimate of drug-likeness (QED) is 0.649. The topological polar surface area (TPSA) is 73.3 Å². The maximum absolute atomic E-state index is 12.1. The summed E-state index contributed by atoms with van der Waals surface area (Å²) in [7, 11) is 3.15. The Morgan fingerprint density at radius 3 is 2.48 bits per heavy atom. The Morgan fingerprint density at radius 1 is 1.04 bits per heavy atom. The predicted molar refractivity (Wildman–Crippen MR) is 107 cm³/mol. The largest absolute Gasteiger partial charge is 0.493 e. The van der Waals surface area contributed by atoms with Crippen molar-refractivity contribution in [1.82, 2.24) is 10.2 Å². The molecule has 0 saturated carbocycles. The van der Waals surface area contributed by atoms with Gasteiger partial charge in [0.2, 0.25) is 11.0 Å². The molecule has 0 radical (unpaired) electrons. The molecule has 2 aromatic carbocycles. The number of carbonyl (C=O) groups is 1. The number of aryl methyl sites for hydroxylation is 1. The molecule has 6 nitrogen and oxygen atoms in total. The van der Waals surface area contributed by atoms with Gasteiger partial charge in [0.25, 0.3) is 0 Å². The number of nitrogens with zero attached hydrogens (tertiary/aromatic N) is 2. The Labute approximate surface area is 161 Å². The lowest BCUT2D eigenvalue weighted by Gasteiger charge is -2.07. The fraction of sp³-hybridized carbons (Fsp3) is 0.150. The molecule has 0 aliphatic rings. The number of carbonyl (C=O) groups excluding carboxylic acids is 1. The highest BCUT2D eigenvalue weighted by Crippen LogP contribution is 2.28. The van der Waals surface area contributed by atoms with E-state index in [1.807, 2.05) is 37.3 Å². The fourth-order valence-electron chi connectivity index (χ4n) is 2.36. The maximum Gasteiger partial charge on any atom is 0.250 e. The van der Waals surface area contributed by atoms with Crippen molar-refractivity contribution in [1.29, 1.82) is 0 Å². The number of ether oxygens (including phenoxy) is 2. The van der Waals surface area contributed by atoms with Crippen LogP contribution in [0.15, 0.2) is 48.5 Å². The molecule has 0 bridgehead atoms. The number of rotatable bonds is 6. The van der Waals surface area contributed by atoms with Crippen molar-refractivity contribution in [3.05, 3.63) is 59.7 Å². The van der Waals surface area contributed by atoms with Crippen LogP contribution in [0.4, 0.5) is 5.13 Å². The minimum absolute atomic E-state index is 0.281. The zero-order chi connectivity index (χ0) is 19.2. The molecule has 0 unspecified atom stereocenters. The molecule has 3 aromatic rings. The Balaban J connectivity index is 1.66. The van der Waals surface area contributed by atoms with Crippen LogP contribution in [0.2, 0.25) is 0 Å². The van der Waals surface area contributed by atoms with Crippen molar-refractivity contribution >= 4 is 28.5 Å². The molecule has 0 aliphatic carbocycles. The van der Waals surface area contributed by atoms with E-state index in [0.717, 1.165) is 16.1 Å². The van der Waals surface area contributed by atoms with Crippen LogP contribution >= 0.6 is 11.3 Å². The lowest BCUT2D eigenvalue weighted by molar-refractivity contribution is -0.111. The minimum Gasteiger partial charge on any atom is -0.493 e.